The van der Waals surface area contributed by atoms with Gasteiger partial charge < -0.3 is 57.3 Å². The van der Waals surface area contributed by atoms with Crippen LogP contribution in [0.1, 0.15) is 107 Å². The second-order valence-corrected chi connectivity index (χ2v) is 18.6. The van der Waals surface area contributed by atoms with Crippen LogP contribution >= 0.6 is 0 Å². The molecule has 62 heavy (non-hydrogen) atoms. The van der Waals surface area contributed by atoms with Crippen molar-refractivity contribution in [2.45, 2.75) is 154 Å². The normalized spacial score (nSPS) is 43.3. The predicted molar refractivity (Wildman–Crippen MR) is 203 cm³/mol. The molecule has 19 nitrogen and oxygen atoms in total. The molecule has 4 bridgehead atoms. The number of furan rings is 1. The van der Waals surface area contributed by atoms with Crippen molar-refractivity contribution in [2.75, 3.05) is 13.7 Å². The van der Waals surface area contributed by atoms with Crippen LogP contribution in [0.25, 0.3) is 0 Å². The molecular formula is C43H56O19. The molecular weight excluding hydrogens is 820 g/mol. The van der Waals surface area contributed by atoms with Crippen LogP contribution in [0.3, 0.4) is 0 Å². The van der Waals surface area contributed by atoms with Gasteiger partial charge >= 0.3 is 41.8 Å². The van der Waals surface area contributed by atoms with E-state index in [1.165, 1.54) is 18.6 Å². The monoisotopic (exact) mass is 876 g/mol. The summed E-state index contributed by atoms with van der Waals surface area (Å²) in [7, 11) is 1.11. The SMILES string of the molecule is CC[C@@]12C[C@@H]3[C@](C)([C@@H](OC(C)=O)c4ccoc4)[C@@H](OC(=O)C(C)C)[C@@H](OC(C)=O)[C@@]4(O)[C@]3(O1)[C@H](O2)[C@@]1(OC(C)=O)[C@@H](OC(C)=O)[C@@]2(C)C[C@@]1(O)[C@@]4(COC(C)=O)[C@H]2CC(=O)OC. The third kappa shape index (κ3) is 5.39. The molecule has 6 fully saturated rings. The van der Waals surface area contributed by atoms with Crippen LogP contribution in [0.5, 0.6) is 0 Å². The molecule has 0 amide bonds. The highest BCUT2D eigenvalue weighted by Crippen LogP contribution is 2.87. The summed E-state index contributed by atoms with van der Waals surface area (Å²) < 4.78 is 62.3. The number of rotatable bonds is 13. The second kappa shape index (κ2) is 14.5. The number of fused-ring (bicyclic) bond motifs is 4. The van der Waals surface area contributed by atoms with Crippen LogP contribution in [0.15, 0.2) is 23.0 Å². The number of hydrogen-bond acceptors (Lipinski definition) is 19. The van der Waals surface area contributed by atoms with Crippen molar-refractivity contribution >= 4 is 41.8 Å². The van der Waals surface area contributed by atoms with E-state index in [1.54, 1.807) is 34.6 Å². The van der Waals surface area contributed by atoms with Gasteiger partial charge in [-0.05, 0) is 24.8 Å². The fourth-order valence-electron chi connectivity index (χ4n) is 13.4. The molecule has 15 atom stereocenters. The first-order chi connectivity index (χ1) is 28.8. The van der Waals surface area contributed by atoms with Gasteiger partial charge in [0.2, 0.25) is 5.60 Å². The minimum atomic E-state index is -3.00. The van der Waals surface area contributed by atoms with Gasteiger partial charge in [-0.15, -0.1) is 0 Å². The maximum atomic E-state index is 14.9. The van der Waals surface area contributed by atoms with E-state index in [9.17, 15) is 43.8 Å². The number of carbonyl (C=O) groups is 7. The lowest BCUT2D eigenvalue weighted by molar-refractivity contribution is -0.447. The van der Waals surface area contributed by atoms with Crippen molar-refractivity contribution < 1.29 is 90.8 Å². The average molecular weight is 877 g/mol. The average Bonchev–Trinajstić information content (AvgIpc) is 3.98. The number of methoxy groups -OCH3 is 1. The second-order valence-electron chi connectivity index (χ2n) is 18.6. The Labute approximate surface area is 357 Å². The van der Waals surface area contributed by atoms with Gasteiger partial charge in [0, 0.05) is 64.4 Å². The lowest BCUT2D eigenvalue weighted by atomic mass is 9.32. The summed E-state index contributed by atoms with van der Waals surface area (Å²) in [6.07, 6.45) is -7.69. The third-order valence-electron chi connectivity index (χ3n) is 15.2. The highest BCUT2D eigenvalue weighted by molar-refractivity contribution is 5.75. The molecule has 0 radical (unpaired) electrons. The fourth-order valence-corrected chi connectivity index (χ4v) is 13.4. The van der Waals surface area contributed by atoms with Crippen molar-refractivity contribution in [1.29, 1.82) is 0 Å². The zero-order valence-electron chi connectivity index (χ0n) is 36.7. The van der Waals surface area contributed by atoms with Gasteiger partial charge in [0.25, 0.3) is 0 Å². The fraction of sp³-hybridized carbons (Fsp3) is 0.744. The molecule has 6 aliphatic rings. The summed E-state index contributed by atoms with van der Waals surface area (Å²) >= 11 is 0. The minimum Gasteiger partial charge on any atom is -0.472 e. The summed E-state index contributed by atoms with van der Waals surface area (Å²) in [6, 6.07) is 1.51. The van der Waals surface area contributed by atoms with Gasteiger partial charge in [-0.2, -0.15) is 0 Å². The number of carbonyl (C=O) groups excluding carboxylic acids is 7. The van der Waals surface area contributed by atoms with Crippen LogP contribution < -0.4 is 0 Å². The molecule has 7 rings (SSSR count). The van der Waals surface area contributed by atoms with Gasteiger partial charge in [-0.1, -0.05) is 34.6 Å². The number of esters is 7. The lowest BCUT2D eigenvalue weighted by Gasteiger charge is -2.77. The van der Waals surface area contributed by atoms with Crippen LogP contribution in [0, 0.1) is 34.0 Å². The molecule has 342 valence electrons. The van der Waals surface area contributed by atoms with Crippen LogP contribution in [-0.2, 0) is 76.2 Å². The van der Waals surface area contributed by atoms with Crippen molar-refractivity contribution in [3.05, 3.63) is 24.2 Å². The number of hydrogen-bond donors (Lipinski definition) is 2. The zero-order valence-corrected chi connectivity index (χ0v) is 36.7. The lowest BCUT2D eigenvalue weighted by Crippen LogP contribution is -2.97. The molecule has 2 saturated heterocycles. The first-order valence-electron chi connectivity index (χ1n) is 20.8. The Morgan fingerprint density at radius 3 is 2.06 bits per heavy atom. The topological polar surface area (TPSA) is 256 Å². The van der Waals surface area contributed by atoms with Gasteiger partial charge in [-0.3, -0.25) is 33.6 Å². The molecule has 0 unspecified atom stereocenters. The van der Waals surface area contributed by atoms with E-state index in [2.05, 4.69) is 0 Å². The molecule has 1 aromatic rings. The Bertz CT molecular complexity index is 2070. The van der Waals surface area contributed by atoms with Crippen molar-refractivity contribution in [3.63, 3.8) is 0 Å². The standard InChI is InChI=1S/C43H56O19/c1-12-38-16-28-37(10,30(56-22(5)45)26-13-14-54-17-26)31(59-33(50)20(2)3)32(57-23(6)46)43(52)39(19-55-21(4)44)27(15-29(49)53-11)36(9)18-40(39,51)42(60-25(8)48,34(36)58-24(7)47)35(61-38)41(28,43)62-38/h13-14,17,20,27-28,30-32,34-35,51-52H,12,15-16,18-19H2,1-11H3/t27-,28+,30-,31-,32+,34-,35-,36-,37+,38-,39+,40+,41+,42-,43-/m0/s1. The van der Waals surface area contributed by atoms with Gasteiger partial charge in [0.1, 0.15) is 35.6 Å². The van der Waals surface area contributed by atoms with Crippen LogP contribution in [0.4, 0.5) is 0 Å². The maximum Gasteiger partial charge on any atom is 0.308 e. The first kappa shape index (κ1) is 45.4. The molecule has 2 N–H and O–H groups in total. The Kier molecular flexibility index (Phi) is 10.6. The van der Waals surface area contributed by atoms with E-state index >= 15 is 0 Å². The number of ether oxygens (including phenoxy) is 9. The van der Waals surface area contributed by atoms with Gasteiger partial charge in [-0.25, -0.2) is 0 Å². The largest absolute Gasteiger partial charge is 0.472 e. The van der Waals surface area contributed by atoms with E-state index in [0.717, 1.165) is 41.7 Å². The minimum absolute atomic E-state index is 0.0130. The highest BCUT2D eigenvalue weighted by Gasteiger charge is 3.05. The van der Waals surface area contributed by atoms with Crippen molar-refractivity contribution in [3.8, 4) is 0 Å². The Hall–Kier alpha value is -4.59. The summed E-state index contributed by atoms with van der Waals surface area (Å²) in [6.45, 7) is 12.4. The summed E-state index contributed by atoms with van der Waals surface area (Å²) in [5.74, 6) is -11.7. The Balaban J connectivity index is 1.73. The molecule has 2 aliphatic heterocycles. The molecule has 3 heterocycles. The van der Waals surface area contributed by atoms with Gasteiger partial charge in [0.05, 0.1) is 36.4 Å². The third-order valence-corrected chi connectivity index (χ3v) is 15.2. The van der Waals surface area contributed by atoms with Crippen LogP contribution in [0.2, 0.25) is 0 Å². The van der Waals surface area contributed by atoms with E-state index in [0.29, 0.717) is 0 Å². The molecule has 4 aliphatic carbocycles. The van der Waals surface area contributed by atoms with E-state index < -0.39 is 154 Å². The maximum absolute atomic E-state index is 14.9. The Morgan fingerprint density at radius 2 is 1.55 bits per heavy atom. The quantitative estimate of drug-likeness (QED) is 0.213. The van der Waals surface area contributed by atoms with E-state index in [1.807, 2.05) is 0 Å². The smallest absolute Gasteiger partial charge is 0.308 e. The summed E-state index contributed by atoms with van der Waals surface area (Å²) in [5, 5.41) is 29.1. The zero-order chi connectivity index (χ0) is 46.0. The van der Waals surface area contributed by atoms with E-state index in [-0.39, 0.29) is 18.4 Å². The predicted octanol–water partition coefficient (Wildman–Crippen LogP) is 2.55. The summed E-state index contributed by atoms with van der Waals surface area (Å²) in [5.41, 5.74) is -16.6. The van der Waals surface area contributed by atoms with Gasteiger partial charge in [0.15, 0.2) is 24.1 Å². The van der Waals surface area contributed by atoms with Crippen molar-refractivity contribution in [2.24, 2.45) is 34.0 Å². The summed E-state index contributed by atoms with van der Waals surface area (Å²) in [4.78, 5) is 95.2. The van der Waals surface area contributed by atoms with Crippen molar-refractivity contribution in [1.82, 2.24) is 0 Å². The molecule has 19 heteroatoms. The first-order valence-corrected chi connectivity index (χ1v) is 20.8. The molecule has 4 saturated carbocycles. The highest BCUT2D eigenvalue weighted by atomic mass is 16.8. The molecule has 1 aromatic heterocycles. The number of aliphatic hydroxyl groups is 2. The van der Waals surface area contributed by atoms with Crippen LogP contribution in [-0.4, -0.2) is 118 Å². The molecule has 1 spiro atoms. The molecule has 0 aromatic carbocycles. The Morgan fingerprint density at radius 1 is 0.887 bits per heavy atom. The van der Waals surface area contributed by atoms with E-state index in [4.69, 9.17) is 47.0 Å².